The van der Waals surface area contributed by atoms with Crippen LogP contribution in [0.5, 0.6) is 0 Å². The molecule has 0 unspecified atom stereocenters. The van der Waals surface area contributed by atoms with E-state index in [1.165, 1.54) is 12.1 Å². The van der Waals surface area contributed by atoms with Crippen LogP contribution in [0.4, 0.5) is 13.2 Å². The number of benzene rings is 2. The van der Waals surface area contributed by atoms with Crippen molar-refractivity contribution < 1.29 is 22.8 Å². The summed E-state index contributed by atoms with van der Waals surface area (Å²) in [5.74, 6) is -1.80. The van der Waals surface area contributed by atoms with Crippen LogP contribution in [-0.4, -0.2) is 26.2 Å². The number of carbonyl (C=O) groups is 2. The lowest BCUT2D eigenvalue weighted by atomic mass is 10.2. The molecule has 0 aliphatic heterocycles. The number of carbonyl (C=O) groups excluding carboxylic acids is 2. The van der Waals surface area contributed by atoms with Crippen LogP contribution in [0.15, 0.2) is 66.9 Å². The number of amides is 2. The number of aromatic nitrogens is 3. The fraction of sp³-hybridized carbons (Fsp3) is 0.160. The van der Waals surface area contributed by atoms with E-state index < -0.39 is 29.2 Å². The molecule has 4 rings (SSSR count). The Balaban J connectivity index is 1.57. The first-order valence-electron chi connectivity index (χ1n) is 10.6. The molecule has 0 spiro atoms. The van der Waals surface area contributed by atoms with Crippen LogP contribution >= 0.6 is 0 Å². The molecular weight excluding hydrogens is 459 g/mol. The van der Waals surface area contributed by atoms with E-state index in [1.54, 1.807) is 32.0 Å². The molecule has 0 saturated heterocycles. The van der Waals surface area contributed by atoms with Gasteiger partial charge in [0.25, 0.3) is 11.8 Å². The van der Waals surface area contributed by atoms with Gasteiger partial charge in [-0.15, -0.1) is 0 Å². The van der Waals surface area contributed by atoms with E-state index in [1.807, 2.05) is 41.8 Å². The number of hydrogen-bond donors (Lipinski definition) is 2. The number of alkyl halides is 3. The molecule has 0 saturated carbocycles. The molecule has 0 atom stereocenters. The minimum atomic E-state index is -4.86. The summed E-state index contributed by atoms with van der Waals surface area (Å²) in [7, 11) is 0. The Labute approximate surface area is 199 Å². The van der Waals surface area contributed by atoms with Crippen molar-refractivity contribution in [3.8, 4) is 11.4 Å². The molecule has 0 aliphatic carbocycles. The smallest absolute Gasteiger partial charge is 0.318 e. The molecule has 2 amide bonds. The Morgan fingerprint density at radius 1 is 0.829 bits per heavy atom. The SMILES string of the molecule is Cc1ccc(-n2ncc(C(=O)NNC(=O)c3cc(C)n(-c4ccccc4)c3C)c2C(F)(F)F)cc1. The Hall–Kier alpha value is -4.34. The summed E-state index contributed by atoms with van der Waals surface area (Å²) < 4.78 is 44.1. The predicted octanol–water partition coefficient (Wildman–Crippen LogP) is 4.68. The van der Waals surface area contributed by atoms with Crippen LogP contribution in [-0.2, 0) is 6.18 Å². The zero-order chi connectivity index (χ0) is 25.3. The lowest BCUT2D eigenvalue weighted by molar-refractivity contribution is -0.143. The summed E-state index contributed by atoms with van der Waals surface area (Å²) in [6.07, 6.45) is -4.04. The van der Waals surface area contributed by atoms with Crippen molar-refractivity contribution in [2.45, 2.75) is 26.9 Å². The average molecular weight is 481 g/mol. The Bertz CT molecular complexity index is 1390. The normalized spacial score (nSPS) is 11.4. The van der Waals surface area contributed by atoms with Gasteiger partial charge in [-0.05, 0) is 51.1 Å². The third-order valence-corrected chi connectivity index (χ3v) is 5.54. The Morgan fingerprint density at radius 2 is 1.43 bits per heavy atom. The lowest BCUT2D eigenvalue weighted by Gasteiger charge is -2.13. The monoisotopic (exact) mass is 481 g/mol. The quantitative estimate of drug-likeness (QED) is 0.416. The molecule has 7 nitrogen and oxygen atoms in total. The van der Waals surface area contributed by atoms with Gasteiger partial charge in [-0.3, -0.25) is 20.4 Å². The molecule has 4 aromatic rings. The summed E-state index contributed by atoms with van der Waals surface area (Å²) in [5, 5.41) is 3.77. The largest absolute Gasteiger partial charge is 0.434 e. The molecule has 0 bridgehead atoms. The fourth-order valence-electron chi connectivity index (χ4n) is 3.88. The van der Waals surface area contributed by atoms with Crippen LogP contribution in [0.1, 0.15) is 43.4 Å². The highest BCUT2D eigenvalue weighted by molar-refractivity contribution is 6.00. The van der Waals surface area contributed by atoms with Crippen molar-refractivity contribution in [1.82, 2.24) is 25.2 Å². The number of nitrogens with one attached hydrogen (secondary N) is 2. The number of rotatable bonds is 4. The minimum absolute atomic E-state index is 0.152. The molecule has 10 heteroatoms. The molecule has 35 heavy (non-hydrogen) atoms. The average Bonchev–Trinajstić information content (AvgIpc) is 3.40. The van der Waals surface area contributed by atoms with E-state index in [-0.39, 0.29) is 11.3 Å². The van der Waals surface area contributed by atoms with Gasteiger partial charge in [0, 0.05) is 17.1 Å². The molecule has 180 valence electrons. The summed E-state index contributed by atoms with van der Waals surface area (Å²) in [6.45, 7) is 5.37. The van der Waals surface area contributed by atoms with Crippen molar-refractivity contribution in [2.75, 3.05) is 0 Å². The number of hydrazine groups is 1. The highest BCUT2D eigenvalue weighted by atomic mass is 19.4. The Kier molecular flexibility index (Phi) is 6.21. The predicted molar refractivity (Wildman–Crippen MR) is 123 cm³/mol. The third-order valence-electron chi connectivity index (χ3n) is 5.54. The van der Waals surface area contributed by atoms with Gasteiger partial charge >= 0.3 is 6.18 Å². The van der Waals surface area contributed by atoms with Gasteiger partial charge in [0.1, 0.15) is 0 Å². The molecule has 2 aromatic heterocycles. The van der Waals surface area contributed by atoms with E-state index >= 15 is 0 Å². The van der Waals surface area contributed by atoms with Crippen molar-refractivity contribution in [3.05, 3.63) is 101 Å². The van der Waals surface area contributed by atoms with Crippen LogP contribution in [0, 0.1) is 20.8 Å². The maximum Gasteiger partial charge on any atom is 0.434 e. The van der Waals surface area contributed by atoms with Crippen LogP contribution < -0.4 is 10.9 Å². The summed E-state index contributed by atoms with van der Waals surface area (Å²) in [6, 6.07) is 17.2. The second-order valence-corrected chi connectivity index (χ2v) is 8.02. The zero-order valence-corrected chi connectivity index (χ0v) is 19.1. The third kappa shape index (κ3) is 4.68. The number of para-hydroxylation sites is 1. The van der Waals surface area contributed by atoms with Crippen molar-refractivity contribution >= 4 is 11.8 Å². The van der Waals surface area contributed by atoms with Crippen molar-refractivity contribution in [2.24, 2.45) is 0 Å². The molecule has 2 N–H and O–H groups in total. The summed E-state index contributed by atoms with van der Waals surface area (Å²) in [5.41, 5.74) is 5.87. The van der Waals surface area contributed by atoms with Crippen LogP contribution in [0.2, 0.25) is 0 Å². The first-order valence-corrected chi connectivity index (χ1v) is 10.6. The van der Waals surface area contributed by atoms with Crippen LogP contribution in [0.25, 0.3) is 11.4 Å². The van der Waals surface area contributed by atoms with Gasteiger partial charge in [-0.25, -0.2) is 4.68 Å². The summed E-state index contributed by atoms with van der Waals surface area (Å²) >= 11 is 0. The van der Waals surface area contributed by atoms with Gasteiger partial charge in [0.15, 0.2) is 5.69 Å². The fourth-order valence-corrected chi connectivity index (χ4v) is 3.88. The van der Waals surface area contributed by atoms with Crippen molar-refractivity contribution in [3.63, 3.8) is 0 Å². The van der Waals surface area contributed by atoms with Gasteiger partial charge < -0.3 is 4.57 Å². The van der Waals surface area contributed by atoms with Gasteiger partial charge in [-0.1, -0.05) is 35.9 Å². The number of halogens is 3. The van der Waals surface area contributed by atoms with E-state index in [9.17, 15) is 22.8 Å². The van der Waals surface area contributed by atoms with E-state index in [4.69, 9.17) is 0 Å². The van der Waals surface area contributed by atoms with E-state index in [0.29, 0.717) is 10.4 Å². The first-order chi connectivity index (χ1) is 16.6. The van der Waals surface area contributed by atoms with Gasteiger partial charge in [0.05, 0.1) is 23.0 Å². The van der Waals surface area contributed by atoms with Crippen LogP contribution in [0.3, 0.4) is 0 Å². The zero-order valence-electron chi connectivity index (χ0n) is 19.1. The number of nitrogens with zero attached hydrogens (tertiary/aromatic N) is 3. The topological polar surface area (TPSA) is 81.0 Å². The van der Waals surface area contributed by atoms with E-state index in [0.717, 1.165) is 23.1 Å². The number of hydrogen-bond acceptors (Lipinski definition) is 3. The molecule has 2 heterocycles. The molecule has 0 radical (unpaired) electrons. The van der Waals surface area contributed by atoms with E-state index in [2.05, 4.69) is 16.0 Å². The highest BCUT2D eigenvalue weighted by Gasteiger charge is 2.40. The van der Waals surface area contributed by atoms with Crippen molar-refractivity contribution in [1.29, 1.82) is 0 Å². The molecule has 0 fully saturated rings. The standard InChI is InChI=1S/C25H22F3N5O2/c1-15-9-11-19(12-10-15)33-22(25(26,27)28)21(14-29-33)24(35)31-30-23(34)20-13-16(2)32(17(20)3)18-7-5-4-6-8-18/h4-14H,1-3H3,(H,30,34)(H,31,35). The molecule has 2 aromatic carbocycles. The maximum atomic E-state index is 13.9. The van der Waals surface area contributed by atoms with Gasteiger partial charge in [0.2, 0.25) is 0 Å². The maximum absolute atomic E-state index is 13.9. The first kappa shape index (κ1) is 23.8. The second-order valence-electron chi connectivity index (χ2n) is 8.02. The van der Waals surface area contributed by atoms with Gasteiger partial charge in [-0.2, -0.15) is 18.3 Å². The lowest BCUT2D eigenvalue weighted by Crippen LogP contribution is -2.42. The minimum Gasteiger partial charge on any atom is -0.318 e. The highest BCUT2D eigenvalue weighted by Crippen LogP contribution is 2.33. The number of aryl methyl sites for hydroxylation is 2. The second kappa shape index (κ2) is 9.13. The molecular formula is C25H22F3N5O2. The molecule has 0 aliphatic rings. The summed E-state index contributed by atoms with van der Waals surface area (Å²) in [4.78, 5) is 25.4. The Morgan fingerprint density at radius 3 is 2.03 bits per heavy atom.